The molecule has 0 aliphatic rings. The first-order valence-electron chi connectivity index (χ1n) is 23.1. The second-order valence-electron chi connectivity index (χ2n) is 17.4. The van der Waals surface area contributed by atoms with Gasteiger partial charge in [0.2, 0.25) is 0 Å². The summed E-state index contributed by atoms with van der Waals surface area (Å²) >= 11 is 0. The van der Waals surface area contributed by atoms with Gasteiger partial charge in [-0.25, -0.2) is 0 Å². The van der Waals surface area contributed by atoms with Crippen molar-refractivity contribution >= 4 is 71.6 Å². The van der Waals surface area contributed by atoms with Gasteiger partial charge in [0.15, 0.2) is 0 Å². The van der Waals surface area contributed by atoms with Crippen LogP contribution < -0.4 is 4.90 Å². The monoisotopic (exact) mass is 870 g/mol. The second kappa shape index (κ2) is 16.1. The lowest BCUT2D eigenvalue weighted by atomic mass is 9.91. The molecule has 13 rings (SSSR count). The highest BCUT2D eigenvalue weighted by Gasteiger charge is 2.19. The van der Waals surface area contributed by atoms with Gasteiger partial charge in [0.05, 0.1) is 16.7 Å². The number of fused-ring (bicyclic) bond motifs is 7. The molecule has 0 unspecified atom stereocenters. The third-order valence-corrected chi connectivity index (χ3v) is 13.5. The third-order valence-electron chi connectivity index (χ3n) is 13.5. The van der Waals surface area contributed by atoms with Crippen molar-refractivity contribution in [2.45, 2.75) is 0 Å². The van der Waals surface area contributed by atoms with E-state index in [-0.39, 0.29) is 5.75 Å². The maximum absolute atomic E-state index is 10.5. The Balaban J connectivity index is 0.922. The fourth-order valence-electron chi connectivity index (χ4n) is 10.4. The molecule has 4 heteroatoms. The van der Waals surface area contributed by atoms with Crippen LogP contribution in [0.15, 0.2) is 253 Å². The Hall–Kier alpha value is -9.12. The lowest BCUT2D eigenvalue weighted by Crippen LogP contribution is -2.10. The topological polar surface area (TPSA) is 41.5 Å². The molecule has 0 aliphatic carbocycles. The molecule has 0 amide bonds. The number of aromatic nitrogens is 1. The molecule has 320 valence electrons. The minimum atomic E-state index is 0.257. The number of furan rings is 1. The number of phenols is 1. The Morgan fingerprint density at radius 1 is 0.353 bits per heavy atom. The summed E-state index contributed by atoms with van der Waals surface area (Å²) in [5.74, 6) is 0.257. The van der Waals surface area contributed by atoms with Crippen LogP contribution in [0.5, 0.6) is 5.75 Å². The van der Waals surface area contributed by atoms with Gasteiger partial charge in [0, 0.05) is 49.7 Å². The number of nitrogens with zero attached hydrogens (tertiary/aromatic N) is 2. The van der Waals surface area contributed by atoms with Crippen molar-refractivity contribution in [3.05, 3.63) is 249 Å². The molecule has 0 radical (unpaired) electrons. The number of para-hydroxylation sites is 4. The second-order valence-corrected chi connectivity index (χ2v) is 17.4. The van der Waals surface area contributed by atoms with Crippen molar-refractivity contribution in [3.63, 3.8) is 0 Å². The van der Waals surface area contributed by atoms with Gasteiger partial charge in [0.25, 0.3) is 0 Å². The van der Waals surface area contributed by atoms with Gasteiger partial charge < -0.3 is 19.0 Å². The standard InChI is InChI=1S/C64H42N2O2/c67-50-39-40-61-58(41-50)55-18-5-8-25-60(55)66(61)59-24-7-4-17-51(59)43-27-33-47(34-28-43)65(49-37-31-45(32-38-49)54-22-12-23-57-56-19-6-9-26-62(56)68-64(54)57)48-35-29-44(30-36-48)53-21-11-16-46-15-10-20-52(63(46)53)42-13-2-1-3-14-42/h1-41,67H. The molecule has 0 aliphatic heterocycles. The number of rotatable bonds is 8. The first kappa shape index (κ1) is 39.3. The van der Waals surface area contributed by atoms with Gasteiger partial charge >= 0.3 is 0 Å². The summed E-state index contributed by atoms with van der Waals surface area (Å²) < 4.78 is 8.78. The Kier molecular flexibility index (Phi) is 9.29. The van der Waals surface area contributed by atoms with E-state index in [1.807, 2.05) is 24.3 Å². The number of aromatic hydroxyl groups is 1. The number of phenolic OH excluding ortho intramolecular Hbond substituents is 1. The Bertz CT molecular complexity index is 4010. The van der Waals surface area contributed by atoms with Gasteiger partial charge in [-0.05, 0) is 117 Å². The Morgan fingerprint density at radius 3 is 1.56 bits per heavy atom. The van der Waals surface area contributed by atoms with E-state index in [0.29, 0.717) is 0 Å². The lowest BCUT2D eigenvalue weighted by Gasteiger charge is -2.26. The fraction of sp³-hybridized carbons (Fsp3) is 0. The van der Waals surface area contributed by atoms with Gasteiger partial charge in [-0.3, -0.25) is 0 Å². The molecule has 0 atom stereocenters. The SMILES string of the molecule is Oc1ccc2c(c1)c1ccccc1n2-c1ccccc1-c1ccc(N(c2ccc(-c3cccc4c3oc3ccccc34)cc2)c2ccc(-c3cccc4cccc(-c5ccccc5)c34)cc2)cc1. The normalized spacial score (nSPS) is 11.6. The van der Waals surface area contributed by atoms with Gasteiger partial charge in [0.1, 0.15) is 16.9 Å². The highest BCUT2D eigenvalue weighted by Crippen LogP contribution is 2.43. The van der Waals surface area contributed by atoms with E-state index in [0.717, 1.165) is 94.3 Å². The van der Waals surface area contributed by atoms with Crippen molar-refractivity contribution in [2.75, 3.05) is 4.90 Å². The van der Waals surface area contributed by atoms with Crippen LogP contribution in [0.25, 0.3) is 105 Å². The molecular weight excluding hydrogens is 829 g/mol. The first-order chi connectivity index (χ1) is 33.6. The smallest absolute Gasteiger partial charge is 0.143 e. The summed E-state index contributed by atoms with van der Waals surface area (Å²) in [6.45, 7) is 0. The molecule has 1 N–H and O–H groups in total. The molecule has 0 spiro atoms. The summed E-state index contributed by atoms with van der Waals surface area (Å²) in [7, 11) is 0. The largest absolute Gasteiger partial charge is 0.508 e. The summed E-state index contributed by atoms with van der Waals surface area (Å²) in [5.41, 5.74) is 17.3. The zero-order chi connectivity index (χ0) is 45.1. The zero-order valence-electron chi connectivity index (χ0n) is 36.9. The molecule has 0 saturated carbocycles. The van der Waals surface area contributed by atoms with E-state index in [4.69, 9.17) is 4.42 Å². The third kappa shape index (κ3) is 6.53. The van der Waals surface area contributed by atoms with E-state index in [2.05, 4.69) is 228 Å². The van der Waals surface area contributed by atoms with Crippen molar-refractivity contribution in [1.82, 2.24) is 4.57 Å². The van der Waals surface area contributed by atoms with E-state index in [9.17, 15) is 5.11 Å². The molecule has 0 saturated heterocycles. The van der Waals surface area contributed by atoms with Crippen molar-refractivity contribution in [2.24, 2.45) is 0 Å². The fourth-order valence-corrected chi connectivity index (χ4v) is 10.4. The molecular formula is C64H42N2O2. The van der Waals surface area contributed by atoms with Crippen molar-refractivity contribution in [3.8, 4) is 55.9 Å². The van der Waals surface area contributed by atoms with E-state index in [1.165, 1.54) is 27.5 Å². The number of hydrogen-bond acceptors (Lipinski definition) is 3. The quantitative estimate of drug-likeness (QED) is 0.165. The van der Waals surface area contributed by atoms with Crippen LogP contribution in [0.2, 0.25) is 0 Å². The predicted molar refractivity (Wildman–Crippen MR) is 284 cm³/mol. The summed E-state index contributed by atoms with van der Waals surface area (Å²) in [5, 5.41) is 17.3. The lowest BCUT2D eigenvalue weighted by molar-refractivity contribution is 0.476. The minimum Gasteiger partial charge on any atom is -0.508 e. The molecule has 11 aromatic carbocycles. The van der Waals surface area contributed by atoms with Crippen LogP contribution in [0.3, 0.4) is 0 Å². The summed E-state index contributed by atoms with van der Waals surface area (Å²) in [6.07, 6.45) is 0. The molecule has 2 heterocycles. The highest BCUT2D eigenvalue weighted by atomic mass is 16.3. The highest BCUT2D eigenvalue weighted by molar-refractivity contribution is 6.11. The molecule has 0 bridgehead atoms. The average Bonchev–Trinajstić information content (AvgIpc) is 3.95. The summed E-state index contributed by atoms with van der Waals surface area (Å²) in [6, 6.07) is 87.9. The van der Waals surface area contributed by atoms with Crippen LogP contribution in [-0.2, 0) is 0 Å². The maximum atomic E-state index is 10.5. The van der Waals surface area contributed by atoms with Crippen LogP contribution >= 0.6 is 0 Å². The molecule has 2 aromatic heterocycles. The van der Waals surface area contributed by atoms with Crippen LogP contribution in [0.4, 0.5) is 17.1 Å². The zero-order valence-corrected chi connectivity index (χ0v) is 36.9. The number of hydrogen-bond donors (Lipinski definition) is 1. The Morgan fingerprint density at radius 2 is 0.853 bits per heavy atom. The predicted octanol–water partition coefficient (Wildman–Crippen LogP) is 17.7. The molecule has 68 heavy (non-hydrogen) atoms. The average molecular weight is 871 g/mol. The Labute approximate surface area is 393 Å². The van der Waals surface area contributed by atoms with Crippen LogP contribution in [0, 0.1) is 0 Å². The van der Waals surface area contributed by atoms with Crippen molar-refractivity contribution < 1.29 is 9.52 Å². The van der Waals surface area contributed by atoms with Crippen molar-refractivity contribution in [1.29, 1.82) is 0 Å². The first-order valence-corrected chi connectivity index (χ1v) is 23.1. The minimum absolute atomic E-state index is 0.257. The molecule has 4 nitrogen and oxygen atoms in total. The van der Waals surface area contributed by atoms with Crippen LogP contribution in [-0.4, -0.2) is 9.67 Å². The summed E-state index contributed by atoms with van der Waals surface area (Å²) in [4.78, 5) is 2.34. The van der Waals surface area contributed by atoms with Gasteiger partial charge in [-0.1, -0.05) is 176 Å². The number of anilines is 3. The molecule has 13 aromatic rings. The van der Waals surface area contributed by atoms with Gasteiger partial charge in [-0.2, -0.15) is 0 Å². The van der Waals surface area contributed by atoms with E-state index < -0.39 is 0 Å². The van der Waals surface area contributed by atoms with E-state index in [1.54, 1.807) is 6.07 Å². The van der Waals surface area contributed by atoms with E-state index >= 15 is 0 Å². The number of benzene rings is 11. The van der Waals surface area contributed by atoms with Gasteiger partial charge in [-0.15, -0.1) is 0 Å². The maximum Gasteiger partial charge on any atom is 0.143 e. The van der Waals surface area contributed by atoms with Crippen LogP contribution in [0.1, 0.15) is 0 Å². The molecule has 0 fully saturated rings.